The Labute approximate surface area is 110 Å². The van der Waals surface area contributed by atoms with Crippen molar-refractivity contribution >= 4 is 23.1 Å². The van der Waals surface area contributed by atoms with Gasteiger partial charge in [-0.3, -0.25) is 9.59 Å². The maximum absolute atomic E-state index is 12.1. The largest absolute Gasteiger partial charge is 0.481 e. The fourth-order valence-corrected chi connectivity index (χ4v) is 2.24. The number of carboxylic acid groups (broad SMARTS) is 1. The Hall–Kier alpha value is -1.24. The summed E-state index contributed by atoms with van der Waals surface area (Å²) in [6, 6.07) is 3.09. The van der Waals surface area contributed by atoms with Crippen molar-refractivity contribution in [3.63, 3.8) is 0 Å². The first-order valence-electron chi connectivity index (χ1n) is 5.67. The lowest BCUT2D eigenvalue weighted by Gasteiger charge is -2.15. The predicted octanol–water partition coefficient (Wildman–Crippen LogP) is 1.40. The molecule has 0 saturated heterocycles. The first-order chi connectivity index (χ1) is 8.65. The smallest absolute Gasteiger partial charge is 0.303 e. The van der Waals surface area contributed by atoms with Crippen LogP contribution < -0.4 is 5.32 Å². The van der Waals surface area contributed by atoms with E-state index in [9.17, 15) is 9.59 Å². The summed E-state index contributed by atoms with van der Waals surface area (Å²) in [5.41, 5.74) is 0. The molecule has 1 aromatic rings. The summed E-state index contributed by atoms with van der Waals surface area (Å²) >= 11 is 1.36. The Kier molecular flexibility index (Phi) is 6.56. The van der Waals surface area contributed by atoms with Crippen LogP contribution in [-0.4, -0.2) is 43.2 Å². The average Bonchev–Trinajstić information content (AvgIpc) is 2.86. The van der Waals surface area contributed by atoms with E-state index in [1.807, 2.05) is 5.38 Å². The van der Waals surface area contributed by atoms with E-state index < -0.39 is 12.0 Å². The molecule has 0 aliphatic rings. The van der Waals surface area contributed by atoms with Crippen LogP contribution in [0, 0.1) is 0 Å². The molecule has 2 N–H and O–H groups in total. The van der Waals surface area contributed by atoms with Gasteiger partial charge in [-0.25, -0.2) is 0 Å². The molecule has 0 amide bonds. The van der Waals surface area contributed by atoms with Crippen LogP contribution in [0.1, 0.15) is 22.5 Å². The van der Waals surface area contributed by atoms with Gasteiger partial charge < -0.3 is 15.2 Å². The fraction of sp³-hybridized carbons (Fsp3) is 0.500. The monoisotopic (exact) mass is 271 g/mol. The summed E-state index contributed by atoms with van der Waals surface area (Å²) in [5, 5.41) is 13.5. The Morgan fingerprint density at radius 2 is 2.33 bits per heavy atom. The van der Waals surface area contributed by atoms with Crippen LogP contribution in [0.4, 0.5) is 0 Å². The Morgan fingerprint density at radius 1 is 1.56 bits per heavy atom. The number of rotatable bonds is 9. The van der Waals surface area contributed by atoms with Gasteiger partial charge in [0.15, 0.2) is 5.78 Å². The third-order valence-corrected chi connectivity index (χ3v) is 3.31. The standard InChI is InChI=1S/C12H17NO4S/c1-17-7-6-13-9(4-5-11(14)15)12(16)10-3-2-8-18-10/h2-3,8-9,13H,4-7H2,1H3,(H,14,15). The summed E-state index contributed by atoms with van der Waals surface area (Å²) in [7, 11) is 1.58. The molecule has 0 aromatic carbocycles. The van der Waals surface area contributed by atoms with E-state index in [1.165, 1.54) is 11.3 Å². The molecule has 5 nitrogen and oxygen atoms in total. The van der Waals surface area contributed by atoms with Gasteiger partial charge in [0.1, 0.15) is 0 Å². The number of methoxy groups -OCH3 is 1. The number of ether oxygens (including phenoxy) is 1. The topological polar surface area (TPSA) is 75.6 Å². The Balaban J connectivity index is 2.57. The summed E-state index contributed by atoms with van der Waals surface area (Å²) in [5.74, 6) is -0.949. The summed E-state index contributed by atoms with van der Waals surface area (Å²) in [6.45, 7) is 1.01. The molecule has 1 heterocycles. The van der Waals surface area contributed by atoms with Crippen molar-refractivity contribution in [2.45, 2.75) is 18.9 Å². The molecule has 1 atom stereocenters. The van der Waals surface area contributed by atoms with E-state index in [2.05, 4.69) is 5.32 Å². The number of hydrogen-bond donors (Lipinski definition) is 2. The van der Waals surface area contributed by atoms with Crippen LogP contribution in [-0.2, 0) is 9.53 Å². The number of carbonyl (C=O) groups excluding carboxylic acids is 1. The number of ketones is 1. The number of hydrogen-bond acceptors (Lipinski definition) is 5. The van der Waals surface area contributed by atoms with Crippen molar-refractivity contribution in [2.75, 3.05) is 20.3 Å². The van der Waals surface area contributed by atoms with Crippen molar-refractivity contribution < 1.29 is 19.4 Å². The van der Waals surface area contributed by atoms with Gasteiger partial charge in [0.05, 0.1) is 17.5 Å². The molecule has 100 valence electrons. The van der Waals surface area contributed by atoms with E-state index in [0.717, 1.165) is 0 Å². The maximum atomic E-state index is 12.1. The van der Waals surface area contributed by atoms with Gasteiger partial charge in [-0.05, 0) is 17.9 Å². The summed E-state index contributed by atoms with van der Waals surface area (Å²) in [6.07, 6.45) is 0.261. The lowest BCUT2D eigenvalue weighted by atomic mass is 10.1. The molecule has 0 bridgehead atoms. The Morgan fingerprint density at radius 3 is 2.89 bits per heavy atom. The molecular formula is C12H17NO4S. The Bertz CT molecular complexity index is 377. The average molecular weight is 271 g/mol. The third kappa shape index (κ3) is 4.95. The molecular weight excluding hydrogens is 254 g/mol. The molecule has 1 aromatic heterocycles. The highest BCUT2D eigenvalue weighted by Crippen LogP contribution is 2.13. The minimum Gasteiger partial charge on any atom is -0.481 e. The van der Waals surface area contributed by atoms with Crippen LogP contribution in [0.2, 0.25) is 0 Å². The lowest BCUT2D eigenvalue weighted by Crippen LogP contribution is -2.38. The summed E-state index contributed by atoms with van der Waals surface area (Å²) in [4.78, 5) is 23.4. The van der Waals surface area contributed by atoms with Crippen molar-refractivity contribution in [2.24, 2.45) is 0 Å². The molecule has 0 spiro atoms. The minimum absolute atomic E-state index is 0.0260. The second kappa shape index (κ2) is 7.97. The predicted molar refractivity (Wildman–Crippen MR) is 69.2 cm³/mol. The second-order valence-electron chi connectivity index (χ2n) is 3.77. The van der Waals surface area contributed by atoms with Gasteiger partial charge >= 0.3 is 5.97 Å². The van der Waals surface area contributed by atoms with Crippen LogP contribution in [0.3, 0.4) is 0 Å². The normalized spacial score (nSPS) is 12.3. The molecule has 1 rings (SSSR count). The highest BCUT2D eigenvalue weighted by molar-refractivity contribution is 7.12. The minimum atomic E-state index is -0.896. The quantitative estimate of drug-likeness (QED) is 0.524. The van der Waals surface area contributed by atoms with E-state index in [4.69, 9.17) is 9.84 Å². The molecule has 6 heteroatoms. The van der Waals surface area contributed by atoms with E-state index in [1.54, 1.807) is 19.2 Å². The van der Waals surface area contributed by atoms with E-state index >= 15 is 0 Å². The number of carboxylic acids is 1. The highest BCUT2D eigenvalue weighted by atomic mass is 32.1. The zero-order chi connectivity index (χ0) is 13.4. The van der Waals surface area contributed by atoms with Crippen molar-refractivity contribution in [3.8, 4) is 0 Å². The van der Waals surface area contributed by atoms with Crippen LogP contribution in [0.15, 0.2) is 17.5 Å². The second-order valence-corrected chi connectivity index (χ2v) is 4.72. The van der Waals surface area contributed by atoms with Gasteiger partial charge in [-0.1, -0.05) is 6.07 Å². The van der Waals surface area contributed by atoms with Gasteiger partial charge in [0.2, 0.25) is 0 Å². The zero-order valence-corrected chi connectivity index (χ0v) is 11.0. The molecule has 1 unspecified atom stereocenters. The van der Waals surface area contributed by atoms with E-state index in [-0.39, 0.29) is 18.6 Å². The van der Waals surface area contributed by atoms with Gasteiger partial charge in [0.25, 0.3) is 0 Å². The molecule has 0 aliphatic carbocycles. The number of carbonyl (C=O) groups is 2. The van der Waals surface area contributed by atoms with Gasteiger partial charge in [0, 0.05) is 20.1 Å². The number of Topliss-reactive ketones (excluding diaryl/α,β-unsaturated/α-hetero) is 1. The van der Waals surface area contributed by atoms with Gasteiger partial charge in [-0.15, -0.1) is 11.3 Å². The lowest BCUT2D eigenvalue weighted by molar-refractivity contribution is -0.137. The first kappa shape index (κ1) is 14.8. The van der Waals surface area contributed by atoms with Crippen molar-refractivity contribution in [1.29, 1.82) is 0 Å². The van der Waals surface area contributed by atoms with Crippen LogP contribution in [0.25, 0.3) is 0 Å². The number of aliphatic carboxylic acids is 1. The molecule has 0 aliphatic heterocycles. The van der Waals surface area contributed by atoms with E-state index in [0.29, 0.717) is 18.0 Å². The molecule has 0 radical (unpaired) electrons. The summed E-state index contributed by atoms with van der Waals surface area (Å²) < 4.78 is 4.90. The van der Waals surface area contributed by atoms with Gasteiger partial charge in [-0.2, -0.15) is 0 Å². The van der Waals surface area contributed by atoms with Crippen molar-refractivity contribution in [3.05, 3.63) is 22.4 Å². The van der Waals surface area contributed by atoms with Crippen LogP contribution >= 0.6 is 11.3 Å². The van der Waals surface area contributed by atoms with Crippen molar-refractivity contribution in [1.82, 2.24) is 5.32 Å². The number of thiophene rings is 1. The first-order valence-corrected chi connectivity index (χ1v) is 6.55. The zero-order valence-electron chi connectivity index (χ0n) is 10.2. The molecule has 0 saturated carbocycles. The molecule has 0 fully saturated rings. The third-order valence-electron chi connectivity index (χ3n) is 2.42. The maximum Gasteiger partial charge on any atom is 0.303 e. The highest BCUT2D eigenvalue weighted by Gasteiger charge is 2.21. The van der Waals surface area contributed by atoms with Crippen LogP contribution in [0.5, 0.6) is 0 Å². The SMILES string of the molecule is COCCNC(CCC(=O)O)C(=O)c1cccs1. The fourth-order valence-electron chi connectivity index (χ4n) is 1.52. The number of nitrogens with one attached hydrogen (secondary N) is 1. The molecule has 18 heavy (non-hydrogen) atoms.